The van der Waals surface area contributed by atoms with Gasteiger partial charge in [0.1, 0.15) is 0 Å². The summed E-state index contributed by atoms with van der Waals surface area (Å²) in [6.07, 6.45) is 1.75. The monoisotopic (exact) mass is 305 g/mol. The van der Waals surface area contributed by atoms with Gasteiger partial charge in [0.05, 0.1) is 10.1 Å². The molecule has 0 saturated carbocycles. The lowest BCUT2D eigenvalue weighted by Crippen LogP contribution is -2.18. The highest BCUT2D eigenvalue weighted by Gasteiger charge is 2.18. The van der Waals surface area contributed by atoms with Crippen molar-refractivity contribution in [2.75, 3.05) is 0 Å². The summed E-state index contributed by atoms with van der Waals surface area (Å²) in [5.74, 6) is 0. The first-order chi connectivity index (χ1) is 9.73. The van der Waals surface area contributed by atoms with Crippen LogP contribution < -0.4 is 5.56 Å². The van der Waals surface area contributed by atoms with Gasteiger partial charge in [-0.05, 0) is 50.1 Å². The van der Waals surface area contributed by atoms with Crippen LogP contribution in [0.5, 0.6) is 0 Å². The van der Waals surface area contributed by atoms with E-state index in [1.807, 2.05) is 6.07 Å². The van der Waals surface area contributed by atoms with E-state index >= 15 is 0 Å². The van der Waals surface area contributed by atoms with Crippen molar-refractivity contribution in [1.82, 2.24) is 4.57 Å². The number of nitrogens with zero attached hydrogens (tertiary/aromatic N) is 1. The standard InChI is InChI=1S/C16H19NO3S/c1-11(2)21(19,20)15-7-5-13(6-8-15)14-9-12(3)16(18)17(4)10-14/h5-11H,1-4H3. The number of rotatable bonds is 3. The molecule has 2 rings (SSSR count). The molecule has 2 aromatic rings. The van der Waals surface area contributed by atoms with Crippen LogP contribution in [0.4, 0.5) is 0 Å². The van der Waals surface area contributed by atoms with E-state index in [4.69, 9.17) is 0 Å². The lowest BCUT2D eigenvalue weighted by molar-refractivity contribution is 0.587. The molecule has 4 nitrogen and oxygen atoms in total. The number of benzene rings is 1. The number of pyridine rings is 1. The van der Waals surface area contributed by atoms with E-state index in [2.05, 4.69) is 0 Å². The van der Waals surface area contributed by atoms with Crippen molar-refractivity contribution in [3.05, 3.63) is 52.4 Å². The van der Waals surface area contributed by atoms with Gasteiger partial charge in [0.2, 0.25) is 0 Å². The molecule has 0 saturated heterocycles. The van der Waals surface area contributed by atoms with Gasteiger partial charge >= 0.3 is 0 Å². The second kappa shape index (κ2) is 5.48. The molecule has 21 heavy (non-hydrogen) atoms. The molecule has 0 bridgehead atoms. The van der Waals surface area contributed by atoms with Crippen LogP contribution in [0.25, 0.3) is 11.1 Å². The Hall–Kier alpha value is -1.88. The van der Waals surface area contributed by atoms with Crippen molar-refractivity contribution in [3.8, 4) is 11.1 Å². The van der Waals surface area contributed by atoms with Gasteiger partial charge in [-0.1, -0.05) is 12.1 Å². The van der Waals surface area contributed by atoms with Crippen molar-refractivity contribution in [1.29, 1.82) is 0 Å². The summed E-state index contributed by atoms with van der Waals surface area (Å²) in [7, 11) is -1.55. The lowest BCUT2D eigenvalue weighted by Gasteiger charge is -2.10. The molecule has 0 unspecified atom stereocenters. The Bertz CT molecular complexity index is 789. The Morgan fingerprint density at radius 3 is 2.10 bits per heavy atom. The molecule has 1 aromatic heterocycles. The molecule has 0 fully saturated rings. The number of hydrogen-bond donors (Lipinski definition) is 0. The highest BCUT2D eigenvalue weighted by molar-refractivity contribution is 7.92. The second-order valence-electron chi connectivity index (χ2n) is 5.45. The summed E-state index contributed by atoms with van der Waals surface area (Å²) in [5.41, 5.74) is 2.41. The van der Waals surface area contributed by atoms with Crippen LogP contribution in [-0.4, -0.2) is 18.2 Å². The van der Waals surface area contributed by atoms with Crippen molar-refractivity contribution in [3.63, 3.8) is 0 Å². The van der Waals surface area contributed by atoms with Gasteiger partial charge in [0, 0.05) is 18.8 Å². The van der Waals surface area contributed by atoms with Crippen LogP contribution in [0.1, 0.15) is 19.4 Å². The first-order valence-corrected chi connectivity index (χ1v) is 8.29. The molecule has 1 aromatic carbocycles. The third-order valence-corrected chi connectivity index (χ3v) is 5.67. The number of aromatic nitrogens is 1. The van der Waals surface area contributed by atoms with E-state index in [0.29, 0.717) is 10.5 Å². The van der Waals surface area contributed by atoms with E-state index in [9.17, 15) is 13.2 Å². The third-order valence-electron chi connectivity index (χ3n) is 3.50. The molecule has 0 spiro atoms. The maximum atomic E-state index is 12.1. The summed E-state index contributed by atoms with van der Waals surface area (Å²) in [6.45, 7) is 5.10. The fourth-order valence-corrected chi connectivity index (χ4v) is 3.20. The van der Waals surface area contributed by atoms with Gasteiger partial charge in [-0.15, -0.1) is 0 Å². The zero-order valence-electron chi connectivity index (χ0n) is 12.6. The van der Waals surface area contributed by atoms with Crippen LogP contribution in [-0.2, 0) is 16.9 Å². The lowest BCUT2D eigenvalue weighted by atomic mass is 10.1. The summed E-state index contributed by atoms with van der Waals surface area (Å²) in [6, 6.07) is 8.59. The van der Waals surface area contributed by atoms with E-state index < -0.39 is 15.1 Å². The molecule has 0 N–H and O–H groups in total. The molecule has 0 amide bonds. The van der Waals surface area contributed by atoms with Crippen molar-refractivity contribution >= 4 is 9.84 Å². The van der Waals surface area contributed by atoms with Crippen molar-refractivity contribution in [2.24, 2.45) is 7.05 Å². The summed E-state index contributed by atoms with van der Waals surface area (Å²) >= 11 is 0. The first kappa shape index (κ1) is 15.5. The quantitative estimate of drug-likeness (QED) is 0.875. The predicted octanol–water partition coefficient (Wildman–Crippen LogP) is 2.54. The zero-order valence-corrected chi connectivity index (χ0v) is 13.4. The van der Waals surface area contributed by atoms with Crippen LogP contribution in [0.15, 0.2) is 46.2 Å². The molecule has 112 valence electrons. The van der Waals surface area contributed by atoms with E-state index in [1.165, 1.54) is 4.57 Å². The highest BCUT2D eigenvalue weighted by Crippen LogP contribution is 2.23. The number of hydrogen-bond acceptors (Lipinski definition) is 3. The number of aryl methyl sites for hydroxylation is 2. The second-order valence-corrected chi connectivity index (χ2v) is 7.95. The van der Waals surface area contributed by atoms with Crippen LogP contribution in [0.2, 0.25) is 0 Å². The normalized spacial score (nSPS) is 11.9. The minimum Gasteiger partial charge on any atom is -0.318 e. The largest absolute Gasteiger partial charge is 0.318 e. The number of sulfone groups is 1. The van der Waals surface area contributed by atoms with Crippen LogP contribution in [0.3, 0.4) is 0 Å². The molecule has 0 aliphatic carbocycles. The average Bonchev–Trinajstić information content (AvgIpc) is 2.44. The predicted molar refractivity (Wildman–Crippen MR) is 84.2 cm³/mol. The Morgan fingerprint density at radius 2 is 1.62 bits per heavy atom. The third kappa shape index (κ3) is 2.93. The van der Waals surface area contributed by atoms with Crippen LogP contribution in [0, 0.1) is 6.92 Å². The molecular weight excluding hydrogens is 286 g/mol. The first-order valence-electron chi connectivity index (χ1n) is 6.75. The van der Waals surface area contributed by atoms with Gasteiger partial charge in [-0.3, -0.25) is 4.79 Å². The fourth-order valence-electron chi connectivity index (χ4n) is 2.14. The Kier molecular flexibility index (Phi) is 4.05. The molecular formula is C16H19NO3S. The molecule has 0 radical (unpaired) electrons. The van der Waals surface area contributed by atoms with Crippen LogP contribution >= 0.6 is 0 Å². The molecule has 0 atom stereocenters. The SMILES string of the molecule is Cc1cc(-c2ccc(S(=O)(=O)C(C)C)cc2)cn(C)c1=O. The van der Waals surface area contributed by atoms with E-state index in [-0.39, 0.29) is 5.56 Å². The summed E-state index contributed by atoms with van der Waals surface area (Å²) in [5, 5.41) is -0.442. The Balaban J connectivity index is 2.47. The molecule has 5 heteroatoms. The minimum atomic E-state index is -3.25. The molecule has 0 aliphatic rings. The van der Waals surface area contributed by atoms with Gasteiger partial charge in [-0.2, -0.15) is 0 Å². The highest BCUT2D eigenvalue weighted by atomic mass is 32.2. The maximum absolute atomic E-state index is 12.1. The van der Waals surface area contributed by atoms with Crippen molar-refractivity contribution < 1.29 is 8.42 Å². The summed E-state index contributed by atoms with van der Waals surface area (Å²) < 4.78 is 25.7. The van der Waals surface area contributed by atoms with E-state index in [0.717, 1.165) is 11.1 Å². The minimum absolute atomic E-state index is 0.0299. The van der Waals surface area contributed by atoms with Crippen molar-refractivity contribution in [2.45, 2.75) is 30.9 Å². The average molecular weight is 305 g/mol. The van der Waals surface area contributed by atoms with E-state index in [1.54, 1.807) is 58.3 Å². The van der Waals surface area contributed by atoms with Gasteiger partial charge in [0.25, 0.3) is 5.56 Å². The smallest absolute Gasteiger partial charge is 0.253 e. The fraction of sp³-hybridized carbons (Fsp3) is 0.312. The maximum Gasteiger partial charge on any atom is 0.253 e. The topological polar surface area (TPSA) is 56.1 Å². The Morgan fingerprint density at radius 1 is 1.05 bits per heavy atom. The van der Waals surface area contributed by atoms with Gasteiger partial charge in [0.15, 0.2) is 9.84 Å². The summed E-state index contributed by atoms with van der Waals surface area (Å²) in [4.78, 5) is 12.0. The Labute approximate surface area is 125 Å². The zero-order chi connectivity index (χ0) is 15.8. The molecule has 1 heterocycles. The molecule has 0 aliphatic heterocycles. The van der Waals surface area contributed by atoms with Gasteiger partial charge < -0.3 is 4.57 Å². The van der Waals surface area contributed by atoms with Gasteiger partial charge in [-0.25, -0.2) is 8.42 Å².